The van der Waals surface area contributed by atoms with Gasteiger partial charge in [0, 0.05) is 14.1 Å². The van der Waals surface area contributed by atoms with Crippen LogP contribution in [0.15, 0.2) is 0 Å². The summed E-state index contributed by atoms with van der Waals surface area (Å²) in [5.41, 5.74) is 0. The van der Waals surface area contributed by atoms with Crippen molar-refractivity contribution in [3.05, 3.63) is 0 Å². The van der Waals surface area contributed by atoms with Crippen LogP contribution in [0, 0.1) is 0 Å². The number of ether oxygens (including phenoxy) is 2. The molecule has 0 aliphatic heterocycles. The highest BCUT2D eigenvalue weighted by Crippen LogP contribution is 2.02. The van der Waals surface area contributed by atoms with E-state index >= 15 is 0 Å². The lowest BCUT2D eigenvalue weighted by Gasteiger charge is -2.20. The molecule has 0 heterocycles. The van der Waals surface area contributed by atoms with Crippen LogP contribution < -0.4 is 10.6 Å². The quantitative estimate of drug-likeness (QED) is 0.608. The van der Waals surface area contributed by atoms with Gasteiger partial charge in [0.15, 0.2) is 0 Å². The Hall–Kier alpha value is -1.14. The van der Waals surface area contributed by atoms with Crippen LogP contribution in [0.3, 0.4) is 0 Å². The summed E-state index contributed by atoms with van der Waals surface area (Å²) in [5, 5.41) is 4.90. The van der Waals surface area contributed by atoms with Crippen LogP contribution in [0.2, 0.25) is 0 Å². The topological polar surface area (TPSA) is 76.7 Å². The summed E-state index contributed by atoms with van der Waals surface area (Å²) in [6.07, 6.45) is -0.496. The second kappa shape index (κ2) is 8.06. The van der Waals surface area contributed by atoms with Gasteiger partial charge in [-0.25, -0.2) is 0 Å². The summed E-state index contributed by atoms with van der Waals surface area (Å²) < 4.78 is 10.5. The minimum atomic E-state index is -0.248. The Morgan fingerprint density at radius 1 is 0.938 bits per heavy atom. The van der Waals surface area contributed by atoms with Crippen molar-refractivity contribution < 1.29 is 19.1 Å². The molecule has 0 aromatic rings. The SMILES string of the molecule is CNC(=O)COC(C)C(C)OCC(=O)NC. The number of likely N-dealkylation sites (N-methyl/N-ethyl adjacent to an activating group) is 2. The van der Waals surface area contributed by atoms with Crippen molar-refractivity contribution in [2.45, 2.75) is 26.1 Å². The highest BCUT2D eigenvalue weighted by molar-refractivity contribution is 5.77. The molecule has 0 saturated heterocycles. The Balaban J connectivity index is 3.76. The molecule has 6 heteroatoms. The van der Waals surface area contributed by atoms with Crippen molar-refractivity contribution in [3.63, 3.8) is 0 Å². The molecule has 6 nitrogen and oxygen atoms in total. The number of nitrogens with one attached hydrogen (secondary N) is 2. The predicted octanol–water partition coefficient (Wildman–Crippen LogP) is -0.711. The van der Waals surface area contributed by atoms with Gasteiger partial charge in [-0.3, -0.25) is 9.59 Å². The van der Waals surface area contributed by atoms with Gasteiger partial charge in [-0.15, -0.1) is 0 Å². The van der Waals surface area contributed by atoms with Crippen molar-refractivity contribution in [1.29, 1.82) is 0 Å². The fourth-order valence-electron chi connectivity index (χ4n) is 0.830. The Labute approximate surface area is 95.7 Å². The van der Waals surface area contributed by atoms with Gasteiger partial charge < -0.3 is 20.1 Å². The zero-order valence-electron chi connectivity index (χ0n) is 10.2. The van der Waals surface area contributed by atoms with Crippen LogP contribution in [0.25, 0.3) is 0 Å². The average Bonchev–Trinajstić information content (AvgIpc) is 2.31. The standard InChI is InChI=1S/C10H20N2O4/c1-7(15-5-9(13)11-3)8(2)16-6-10(14)12-4/h7-8H,5-6H2,1-4H3,(H,11,13)(H,12,14). The van der Waals surface area contributed by atoms with Gasteiger partial charge in [0.1, 0.15) is 13.2 Å². The number of rotatable bonds is 7. The molecule has 2 amide bonds. The van der Waals surface area contributed by atoms with Gasteiger partial charge >= 0.3 is 0 Å². The molecule has 0 bridgehead atoms. The summed E-state index contributed by atoms with van der Waals surface area (Å²) >= 11 is 0. The molecule has 2 N–H and O–H groups in total. The minimum Gasteiger partial charge on any atom is -0.366 e. The van der Waals surface area contributed by atoms with Crippen LogP contribution in [0.5, 0.6) is 0 Å². The first kappa shape index (κ1) is 14.9. The van der Waals surface area contributed by atoms with E-state index in [0.29, 0.717) is 0 Å². The molecule has 0 fully saturated rings. The zero-order valence-corrected chi connectivity index (χ0v) is 10.2. The summed E-state index contributed by atoms with van der Waals surface area (Å²) in [6.45, 7) is 3.56. The molecule has 0 aliphatic carbocycles. The predicted molar refractivity (Wildman–Crippen MR) is 59.0 cm³/mol. The van der Waals surface area contributed by atoms with Gasteiger partial charge in [0.05, 0.1) is 12.2 Å². The maximum absolute atomic E-state index is 10.9. The van der Waals surface area contributed by atoms with Crippen LogP contribution >= 0.6 is 0 Å². The Kier molecular flexibility index (Phi) is 7.49. The van der Waals surface area contributed by atoms with E-state index in [1.165, 1.54) is 0 Å². The van der Waals surface area contributed by atoms with E-state index < -0.39 is 0 Å². The van der Waals surface area contributed by atoms with Crippen molar-refractivity contribution in [1.82, 2.24) is 10.6 Å². The molecular formula is C10H20N2O4. The molecule has 0 spiro atoms. The molecule has 0 aromatic heterocycles. The molecule has 2 unspecified atom stereocenters. The van der Waals surface area contributed by atoms with Crippen molar-refractivity contribution >= 4 is 11.8 Å². The van der Waals surface area contributed by atoms with Crippen LogP contribution in [-0.4, -0.2) is 51.3 Å². The Bertz CT molecular complexity index is 209. The molecule has 0 rings (SSSR count). The minimum absolute atomic E-state index is 0.00859. The lowest BCUT2D eigenvalue weighted by atomic mass is 10.2. The van der Waals surface area contributed by atoms with Gasteiger partial charge in [-0.2, -0.15) is 0 Å². The van der Waals surface area contributed by atoms with Crippen molar-refractivity contribution in [2.75, 3.05) is 27.3 Å². The van der Waals surface area contributed by atoms with Crippen molar-refractivity contribution in [3.8, 4) is 0 Å². The first-order valence-corrected chi connectivity index (χ1v) is 5.15. The van der Waals surface area contributed by atoms with E-state index in [-0.39, 0.29) is 37.2 Å². The summed E-state index contributed by atoms with van der Waals surface area (Å²) in [7, 11) is 3.09. The van der Waals surface area contributed by atoms with Crippen LogP contribution in [-0.2, 0) is 19.1 Å². The maximum Gasteiger partial charge on any atom is 0.245 e. The molecule has 0 saturated carbocycles. The number of carbonyl (C=O) groups excluding carboxylic acids is 2. The second-order valence-corrected chi connectivity index (χ2v) is 3.38. The molecule has 16 heavy (non-hydrogen) atoms. The Morgan fingerprint density at radius 3 is 1.50 bits per heavy atom. The van der Waals surface area contributed by atoms with E-state index in [2.05, 4.69) is 10.6 Å². The lowest BCUT2D eigenvalue weighted by Crippen LogP contribution is -2.34. The van der Waals surface area contributed by atoms with Gasteiger partial charge in [-0.1, -0.05) is 0 Å². The molecule has 94 valence electrons. The third-order valence-electron chi connectivity index (χ3n) is 2.17. The summed E-state index contributed by atoms with van der Waals surface area (Å²) in [5.74, 6) is -0.379. The number of hydrogen-bond acceptors (Lipinski definition) is 4. The second-order valence-electron chi connectivity index (χ2n) is 3.38. The maximum atomic E-state index is 10.9. The third-order valence-corrected chi connectivity index (χ3v) is 2.17. The van der Waals surface area contributed by atoms with Crippen LogP contribution in [0.1, 0.15) is 13.8 Å². The fraction of sp³-hybridized carbons (Fsp3) is 0.800. The average molecular weight is 232 g/mol. The van der Waals surface area contributed by atoms with E-state index in [1.54, 1.807) is 27.9 Å². The van der Waals surface area contributed by atoms with Gasteiger partial charge in [0.25, 0.3) is 0 Å². The smallest absolute Gasteiger partial charge is 0.245 e. The van der Waals surface area contributed by atoms with E-state index in [1.807, 2.05) is 0 Å². The van der Waals surface area contributed by atoms with Gasteiger partial charge in [0.2, 0.25) is 11.8 Å². The normalized spacial score (nSPS) is 14.0. The number of hydrogen-bond donors (Lipinski definition) is 2. The van der Waals surface area contributed by atoms with E-state index in [0.717, 1.165) is 0 Å². The molecule has 0 radical (unpaired) electrons. The first-order chi connectivity index (χ1) is 7.51. The Morgan fingerprint density at radius 2 is 1.25 bits per heavy atom. The highest BCUT2D eigenvalue weighted by Gasteiger charge is 2.15. The van der Waals surface area contributed by atoms with Gasteiger partial charge in [-0.05, 0) is 13.8 Å². The molecule has 0 aromatic carbocycles. The zero-order chi connectivity index (χ0) is 12.6. The highest BCUT2D eigenvalue weighted by atomic mass is 16.5. The van der Waals surface area contributed by atoms with E-state index in [9.17, 15) is 9.59 Å². The number of amides is 2. The molecular weight excluding hydrogens is 212 g/mol. The molecule has 2 atom stereocenters. The van der Waals surface area contributed by atoms with Crippen LogP contribution in [0.4, 0.5) is 0 Å². The summed E-state index contributed by atoms with van der Waals surface area (Å²) in [6, 6.07) is 0. The first-order valence-electron chi connectivity index (χ1n) is 5.15. The van der Waals surface area contributed by atoms with Crippen molar-refractivity contribution in [2.24, 2.45) is 0 Å². The third kappa shape index (κ3) is 6.36. The lowest BCUT2D eigenvalue weighted by molar-refractivity contribution is -0.136. The number of carbonyl (C=O) groups is 2. The fourth-order valence-corrected chi connectivity index (χ4v) is 0.830. The summed E-state index contributed by atoms with van der Waals surface area (Å²) in [4.78, 5) is 21.8. The largest absolute Gasteiger partial charge is 0.366 e. The van der Waals surface area contributed by atoms with E-state index in [4.69, 9.17) is 9.47 Å². The monoisotopic (exact) mass is 232 g/mol. The molecule has 0 aliphatic rings.